The van der Waals surface area contributed by atoms with Crippen LogP contribution in [-0.2, 0) is 9.59 Å². The van der Waals surface area contributed by atoms with Crippen LogP contribution in [0.15, 0.2) is 54.2 Å². The second-order valence-corrected chi connectivity index (χ2v) is 7.27. The molecule has 0 fully saturated rings. The lowest BCUT2D eigenvalue weighted by Gasteiger charge is -2.20. The molecule has 2 amide bonds. The quantitative estimate of drug-likeness (QED) is 0.781. The lowest BCUT2D eigenvalue weighted by atomic mass is 9.95. The Morgan fingerprint density at radius 1 is 1.00 bits per heavy atom. The van der Waals surface area contributed by atoms with Gasteiger partial charge in [0.2, 0.25) is 5.91 Å². The lowest BCUT2D eigenvalue weighted by Crippen LogP contribution is -2.38. The first-order chi connectivity index (χ1) is 12.7. The summed E-state index contributed by atoms with van der Waals surface area (Å²) in [6, 6.07) is 14.8. The van der Waals surface area contributed by atoms with Crippen LogP contribution in [-0.4, -0.2) is 18.9 Å². The number of para-hydroxylation sites is 2. The highest BCUT2D eigenvalue weighted by Gasteiger charge is 2.24. The molecule has 2 N–H and O–H groups in total. The molecule has 0 saturated carbocycles. The molecule has 2 rings (SSSR count). The molecule has 0 atom stereocenters. The number of ether oxygens (including phenoxy) is 1. The Morgan fingerprint density at radius 3 is 2.26 bits per heavy atom. The zero-order valence-corrected chi connectivity index (χ0v) is 16.4. The van der Waals surface area contributed by atoms with Gasteiger partial charge in [0.25, 0.3) is 5.91 Å². The van der Waals surface area contributed by atoms with Crippen molar-refractivity contribution in [1.29, 1.82) is 0 Å². The summed E-state index contributed by atoms with van der Waals surface area (Å²) in [6.45, 7) is 7.29. The molecular formula is C22H26N2O3. The normalized spacial score (nSPS) is 11.7. The van der Waals surface area contributed by atoms with Crippen molar-refractivity contribution >= 4 is 23.6 Å². The molecule has 0 unspecified atom stereocenters. The van der Waals surface area contributed by atoms with Crippen LogP contribution in [0.1, 0.15) is 31.9 Å². The van der Waals surface area contributed by atoms with E-state index >= 15 is 0 Å². The van der Waals surface area contributed by atoms with Crippen molar-refractivity contribution < 1.29 is 14.3 Å². The first kappa shape index (κ1) is 20.2. The number of benzene rings is 2. The molecular weight excluding hydrogens is 340 g/mol. The van der Waals surface area contributed by atoms with E-state index in [1.807, 2.05) is 49.4 Å². The highest BCUT2D eigenvalue weighted by Crippen LogP contribution is 2.22. The summed E-state index contributed by atoms with van der Waals surface area (Å²) in [4.78, 5) is 25.4. The number of nitrogens with one attached hydrogen (secondary N) is 2. The maximum atomic E-state index is 12.9. The smallest absolute Gasteiger partial charge is 0.272 e. The largest absolute Gasteiger partial charge is 0.496 e. The highest BCUT2D eigenvalue weighted by atomic mass is 16.5. The standard InChI is InChI=1S/C22H26N2O3/c1-15-10-6-8-12-17(15)23-20(25)18(24-21(26)22(2,3)4)14-16-11-7-9-13-19(16)27-5/h6-14H,1-5H3,(H,23,25)(H,24,26)/b18-14+. The maximum Gasteiger partial charge on any atom is 0.272 e. The van der Waals surface area contributed by atoms with E-state index in [4.69, 9.17) is 4.74 Å². The highest BCUT2D eigenvalue weighted by molar-refractivity contribution is 6.09. The van der Waals surface area contributed by atoms with Crippen LogP contribution < -0.4 is 15.4 Å². The van der Waals surface area contributed by atoms with E-state index in [0.29, 0.717) is 17.0 Å². The van der Waals surface area contributed by atoms with Crippen LogP contribution in [0.5, 0.6) is 5.75 Å². The molecule has 5 nitrogen and oxygen atoms in total. The molecule has 0 aliphatic heterocycles. The van der Waals surface area contributed by atoms with E-state index in [-0.39, 0.29) is 11.6 Å². The molecule has 0 aliphatic carbocycles. The van der Waals surface area contributed by atoms with Crippen molar-refractivity contribution in [3.05, 3.63) is 65.4 Å². The molecule has 0 radical (unpaired) electrons. The minimum atomic E-state index is -0.636. The molecule has 0 aliphatic rings. The Bertz CT molecular complexity index is 864. The minimum Gasteiger partial charge on any atom is -0.496 e. The third-order valence-corrected chi connectivity index (χ3v) is 4.01. The molecule has 142 valence electrons. The van der Waals surface area contributed by atoms with Crippen LogP contribution in [0, 0.1) is 12.3 Å². The molecule has 2 aromatic carbocycles. The van der Waals surface area contributed by atoms with Crippen LogP contribution >= 0.6 is 0 Å². The van der Waals surface area contributed by atoms with Crippen molar-refractivity contribution in [2.75, 3.05) is 12.4 Å². The summed E-state index contributed by atoms with van der Waals surface area (Å²) in [7, 11) is 1.56. The molecule has 0 heterocycles. The Labute approximate surface area is 160 Å². The zero-order valence-electron chi connectivity index (χ0n) is 16.4. The third kappa shape index (κ3) is 5.45. The Kier molecular flexibility index (Phi) is 6.40. The Balaban J connectivity index is 2.40. The molecule has 0 bridgehead atoms. The molecule has 0 spiro atoms. The number of rotatable bonds is 5. The Morgan fingerprint density at radius 2 is 1.63 bits per heavy atom. The number of aryl methyl sites for hydroxylation is 1. The van der Waals surface area contributed by atoms with Gasteiger partial charge in [0.05, 0.1) is 7.11 Å². The second-order valence-electron chi connectivity index (χ2n) is 7.27. The Hall–Kier alpha value is -3.08. The van der Waals surface area contributed by atoms with Crippen LogP contribution in [0.25, 0.3) is 6.08 Å². The summed E-state index contributed by atoms with van der Waals surface area (Å²) in [6.07, 6.45) is 1.62. The minimum absolute atomic E-state index is 0.155. The van der Waals surface area contributed by atoms with E-state index in [9.17, 15) is 9.59 Å². The fourth-order valence-electron chi connectivity index (χ4n) is 2.31. The van der Waals surface area contributed by atoms with Gasteiger partial charge in [-0.15, -0.1) is 0 Å². The maximum absolute atomic E-state index is 12.9. The van der Waals surface area contributed by atoms with Crippen molar-refractivity contribution in [2.24, 2.45) is 5.41 Å². The first-order valence-electron chi connectivity index (χ1n) is 8.75. The van der Waals surface area contributed by atoms with Crippen LogP contribution in [0.2, 0.25) is 0 Å². The van der Waals surface area contributed by atoms with Gasteiger partial charge in [-0.05, 0) is 30.7 Å². The molecule has 27 heavy (non-hydrogen) atoms. The van der Waals surface area contributed by atoms with Crippen LogP contribution in [0.3, 0.4) is 0 Å². The molecule has 0 aromatic heterocycles. The van der Waals surface area contributed by atoms with Gasteiger partial charge in [0.15, 0.2) is 0 Å². The van der Waals surface area contributed by atoms with Gasteiger partial charge < -0.3 is 15.4 Å². The number of amides is 2. The molecule has 5 heteroatoms. The van der Waals surface area contributed by atoms with Gasteiger partial charge in [0.1, 0.15) is 11.4 Å². The summed E-state index contributed by atoms with van der Waals surface area (Å²) in [5.41, 5.74) is 1.85. The lowest BCUT2D eigenvalue weighted by molar-refractivity contribution is -0.128. The first-order valence-corrected chi connectivity index (χ1v) is 8.75. The van der Waals surface area contributed by atoms with Gasteiger partial charge in [-0.1, -0.05) is 57.2 Å². The van der Waals surface area contributed by atoms with Gasteiger partial charge in [0, 0.05) is 16.7 Å². The van der Waals surface area contributed by atoms with Crippen molar-refractivity contribution in [3.63, 3.8) is 0 Å². The topological polar surface area (TPSA) is 67.4 Å². The predicted molar refractivity (Wildman–Crippen MR) is 108 cm³/mol. The number of hydrogen-bond acceptors (Lipinski definition) is 3. The second kappa shape index (κ2) is 8.54. The molecule has 2 aromatic rings. The third-order valence-electron chi connectivity index (χ3n) is 4.01. The van der Waals surface area contributed by atoms with Crippen molar-refractivity contribution in [1.82, 2.24) is 5.32 Å². The average Bonchev–Trinajstić information content (AvgIpc) is 2.62. The van der Waals surface area contributed by atoms with E-state index in [2.05, 4.69) is 10.6 Å². The van der Waals surface area contributed by atoms with E-state index in [1.54, 1.807) is 40.0 Å². The van der Waals surface area contributed by atoms with E-state index in [1.165, 1.54) is 0 Å². The summed E-state index contributed by atoms with van der Waals surface area (Å²) < 4.78 is 5.35. The van der Waals surface area contributed by atoms with E-state index in [0.717, 1.165) is 5.56 Å². The number of methoxy groups -OCH3 is 1. The predicted octanol–water partition coefficient (Wildman–Crippen LogP) is 4.15. The summed E-state index contributed by atoms with van der Waals surface area (Å²) >= 11 is 0. The number of anilines is 1. The number of carbonyl (C=O) groups excluding carboxylic acids is 2. The van der Waals surface area contributed by atoms with Crippen LogP contribution in [0.4, 0.5) is 5.69 Å². The van der Waals surface area contributed by atoms with Crippen molar-refractivity contribution in [3.8, 4) is 5.75 Å². The van der Waals surface area contributed by atoms with Gasteiger partial charge in [-0.3, -0.25) is 9.59 Å². The number of hydrogen-bond donors (Lipinski definition) is 2. The van der Waals surface area contributed by atoms with E-state index < -0.39 is 11.3 Å². The molecule has 0 saturated heterocycles. The van der Waals surface area contributed by atoms with Gasteiger partial charge in [-0.2, -0.15) is 0 Å². The summed E-state index contributed by atoms with van der Waals surface area (Å²) in [5.74, 6) is -0.0277. The average molecular weight is 366 g/mol. The van der Waals surface area contributed by atoms with Gasteiger partial charge >= 0.3 is 0 Å². The summed E-state index contributed by atoms with van der Waals surface area (Å²) in [5, 5.41) is 5.61. The zero-order chi connectivity index (χ0) is 20.0. The monoisotopic (exact) mass is 366 g/mol. The van der Waals surface area contributed by atoms with Gasteiger partial charge in [-0.25, -0.2) is 0 Å². The number of carbonyl (C=O) groups is 2. The van der Waals surface area contributed by atoms with Crippen molar-refractivity contribution in [2.45, 2.75) is 27.7 Å². The fourth-order valence-corrected chi connectivity index (χ4v) is 2.31. The SMILES string of the molecule is COc1ccccc1/C=C(/NC(=O)C(C)(C)C)C(=O)Nc1ccccc1C. The fraction of sp³-hybridized carbons (Fsp3) is 0.273.